The number of rotatable bonds is 6. The molecule has 8 bridgehead atoms. The summed E-state index contributed by atoms with van der Waals surface area (Å²) in [5.74, 6) is -23.1. The molecule has 10 nitrogen and oxygen atoms in total. The number of nitrogens with one attached hydrogen (secondary N) is 2. The number of nitrogens with zero attached hydrogens (tertiary/aromatic N) is 4. The lowest BCUT2D eigenvalue weighted by Gasteiger charge is -2.13. The number of non-ortho nitro benzene ring substituents is 2. The van der Waals surface area contributed by atoms with Gasteiger partial charge < -0.3 is 9.97 Å². The van der Waals surface area contributed by atoms with Crippen molar-refractivity contribution >= 4 is 45.6 Å². The topological polar surface area (TPSA) is 143 Å². The molecule has 0 amide bonds. The lowest BCUT2D eigenvalue weighted by Crippen LogP contribution is -2.22. The quantitative estimate of drug-likeness (QED) is 0.0566. The number of allylic oxidation sites excluding steroid dienone is 4. The van der Waals surface area contributed by atoms with Crippen molar-refractivity contribution in [2.45, 2.75) is 0 Å². The van der Waals surface area contributed by atoms with Crippen molar-refractivity contribution in [3.63, 3.8) is 0 Å². The molecular weight excluding hydrogens is 867 g/mol. The normalized spacial score (nSPS) is 14.5. The van der Waals surface area contributed by atoms with Gasteiger partial charge in [-0.25, -0.2) is 48.9 Å². The molecule has 4 aromatic carbocycles. The molecule has 2 N–H and O–H groups in total. The van der Waals surface area contributed by atoms with Crippen molar-refractivity contribution in [1.29, 1.82) is 0 Å². The Kier molecular flexibility index (Phi) is 9.72. The minimum Gasteiger partial charge on any atom is -0.360 e. The first-order chi connectivity index (χ1) is 30.5. The van der Waals surface area contributed by atoms with Crippen molar-refractivity contribution in [3.8, 4) is 0 Å². The largest absolute Gasteiger partial charge is 0.360 e. The number of hydrogen-bond acceptors (Lipinski definition) is 6. The van der Waals surface area contributed by atoms with Crippen LogP contribution in [0.15, 0.2) is 118 Å². The Hall–Kier alpha value is -8.42. The molecule has 0 fully saturated rings. The van der Waals surface area contributed by atoms with Crippen LogP contribution in [0.1, 0.15) is 33.5 Å². The first-order valence-corrected chi connectivity index (χ1v) is 18.2. The van der Waals surface area contributed by atoms with Crippen molar-refractivity contribution in [1.82, 2.24) is 9.97 Å². The van der Waals surface area contributed by atoms with Gasteiger partial charge in [0.25, 0.3) is 11.4 Å². The molecule has 0 radical (unpaired) electrons. The van der Waals surface area contributed by atoms with Crippen LogP contribution < -0.4 is 10.7 Å². The highest BCUT2D eigenvalue weighted by atomic mass is 19.2. The summed E-state index contributed by atoms with van der Waals surface area (Å²) in [5, 5.41) is 23.4. The number of nitro groups is 2. The lowest BCUT2D eigenvalue weighted by atomic mass is 9.94. The fourth-order valence-electron chi connectivity index (χ4n) is 7.59. The SMILES string of the molecule is O=[N+]([O-])c1cccc(C2=C3C=CC(=N3)C(c3c(F)c(F)c(F)c(F)c3F)=c3ccc([nH]3)=C(c3cccc([N+](=O)[O-])c3)C3=CC(=C(c4c(F)c(F)c(F)c(F)c4F)c4cc2c[nH]4)N=C3)c1. The Bertz CT molecular complexity index is 3410. The zero-order chi connectivity index (χ0) is 45.5. The Morgan fingerprint density at radius 1 is 0.516 bits per heavy atom. The van der Waals surface area contributed by atoms with Crippen LogP contribution in [0.2, 0.25) is 0 Å². The zero-order valence-electron chi connectivity index (χ0n) is 31.4. The molecule has 3 aliphatic rings. The maximum atomic E-state index is 15.9. The number of aliphatic imine (C=N–C) groups is 2. The highest BCUT2D eigenvalue weighted by Crippen LogP contribution is 2.41. The van der Waals surface area contributed by atoms with Crippen molar-refractivity contribution in [3.05, 3.63) is 231 Å². The van der Waals surface area contributed by atoms with Gasteiger partial charge in [0.2, 0.25) is 11.6 Å². The fraction of sp³-hybridized carbons (Fsp3) is 0. The Morgan fingerprint density at radius 2 is 1.02 bits per heavy atom. The van der Waals surface area contributed by atoms with E-state index >= 15 is 17.6 Å². The molecule has 20 heteroatoms. The second-order valence-corrected chi connectivity index (χ2v) is 14.1. The van der Waals surface area contributed by atoms with E-state index in [1.54, 1.807) is 0 Å². The highest BCUT2D eigenvalue weighted by molar-refractivity contribution is 6.30. The summed E-state index contributed by atoms with van der Waals surface area (Å²) in [6.07, 6.45) is 5.76. The van der Waals surface area contributed by atoms with Gasteiger partial charge in [-0.3, -0.25) is 25.2 Å². The number of aromatic amines is 2. The average molecular weight is 885 g/mol. The third-order valence-corrected chi connectivity index (χ3v) is 10.4. The predicted molar refractivity (Wildman–Crippen MR) is 210 cm³/mol. The monoisotopic (exact) mass is 884 g/mol. The number of fused-ring (bicyclic) bond motifs is 6. The van der Waals surface area contributed by atoms with Gasteiger partial charge in [0.1, 0.15) is 0 Å². The van der Waals surface area contributed by atoms with Crippen LogP contribution in [0.3, 0.4) is 0 Å². The first-order valence-electron chi connectivity index (χ1n) is 18.2. The van der Waals surface area contributed by atoms with Crippen molar-refractivity contribution < 1.29 is 53.8 Å². The molecule has 0 atom stereocenters. The number of hydrogen-bond donors (Lipinski definition) is 2. The molecule has 0 saturated heterocycles. The van der Waals surface area contributed by atoms with Gasteiger partial charge >= 0.3 is 0 Å². The second kappa shape index (κ2) is 15.2. The van der Waals surface area contributed by atoms with Crippen LogP contribution in [0, 0.1) is 78.4 Å². The number of aromatic nitrogens is 2. The molecule has 0 saturated carbocycles. The Morgan fingerprint density at radius 3 is 1.56 bits per heavy atom. The third kappa shape index (κ3) is 6.45. The van der Waals surface area contributed by atoms with Crippen LogP contribution in [-0.2, 0) is 0 Å². The van der Waals surface area contributed by atoms with E-state index in [2.05, 4.69) is 20.0 Å². The van der Waals surface area contributed by atoms with Gasteiger partial charge in [0.15, 0.2) is 46.5 Å². The Balaban J connectivity index is 1.48. The summed E-state index contributed by atoms with van der Waals surface area (Å²) >= 11 is 0. The van der Waals surface area contributed by atoms with E-state index in [0.29, 0.717) is 0 Å². The number of halogens is 10. The van der Waals surface area contributed by atoms with Crippen LogP contribution >= 0.6 is 0 Å². The molecule has 0 unspecified atom stereocenters. The second-order valence-electron chi connectivity index (χ2n) is 14.1. The molecule has 3 aliphatic heterocycles. The van der Waals surface area contributed by atoms with Gasteiger partial charge in [-0.1, -0.05) is 24.3 Å². The summed E-state index contributed by atoms with van der Waals surface area (Å²) in [7, 11) is 0. The van der Waals surface area contributed by atoms with E-state index in [4.69, 9.17) is 0 Å². The van der Waals surface area contributed by atoms with Gasteiger partial charge in [-0.05, 0) is 47.6 Å². The summed E-state index contributed by atoms with van der Waals surface area (Å²) in [4.78, 5) is 36.7. The molecule has 0 aliphatic carbocycles. The van der Waals surface area contributed by atoms with Crippen molar-refractivity contribution in [2.24, 2.45) is 9.98 Å². The first kappa shape index (κ1) is 41.0. The molecule has 64 heavy (non-hydrogen) atoms. The van der Waals surface area contributed by atoms with Crippen LogP contribution in [0.5, 0.6) is 0 Å². The number of H-pyrrole nitrogens is 2. The average Bonchev–Trinajstić information content (AvgIpc) is 4.14. The molecule has 5 heterocycles. The molecule has 0 spiro atoms. The maximum absolute atomic E-state index is 15.9. The maximum Gasteiger partial charge on any atom is 0.270 e. The summed E-state index contributed by atoms with van der Waals surface area (Å²) in [5.41, 5.74) is -6.62. The highest BCUT2D eigenvalue weighted by Gasteiger charge is 2.34. The van der Waals surface area contributed by atoms with Gasteiger partial charge in [0, 0.05) is 86.5 Å². The van der Waals surface area contributed by atoms with E-state index in [0.717, 1.165) is 48.7 Å². The Labute approximate surface area is 349 Å². The molecule has 2 aromatic heterocycles. The molecule has 318 valence electrons. The number of benzene rings is 4. The van der Waals surface area contributed by atoms with Crippen LogP contribution in [-0.4, -0.2) is 31.7 Å². The van der Waals surface area contributed by atoms with E-state index < -0.39 is 113 Å². The molecular formula is C44H18F10N6O4. The van der Waals surface area contributed by atoms with Gasteiger partial charge in [-0.15, -0.1) is 0 Å². The van der Waals surface area contributed by atoms with E-state index in [1.165, 1.54) is 48.7 Å². The smallest absolute Gasteiger partial charge is 0.270 e. The van der Waals surface area contributed by atoms with E-state index in [1.807, 2.05) is 0 Å². The lowest BCUT2D eigenvalue weighted by molar-refractivity contribution is -0.385. The van der Waals surface area contributed by atoms with E-state index in [-0.39, 0.29) is 55.5 Å². The fourth-order valence-corrected chi connectivity index (χ4v) is 7.59. The minimum absolute atomic E-state index is 0.0214. The van der Waals surface area contributed by atoms with Crippen LogP contribution in [0.4, 0.5) is 55.3 Å². The predicted octanol–water partition coefficient (Wildman–Crippen LogP) is 9.20. The standard InChI is InChI=1S/C44H18F10N6O4/c45-35-33(36(46)40(50)43(53)39(35)49)31-25-9-7-23(57-25)29(17-3-1-5-21(11-17)59(61)62)19-13-27(55-15-19)32(34-37(47)41(51)44(54)42(52)38(34)48)28-14-20(16-56-28)30(24-8-10-26(31)58-24)18-4-2-6-22(12-18)60(63)64/h1-16,55,58H. The molecule has 9 rings (SSSR count). The summed E-state index contributed by atoms with van der Waals surface area (Å²) < 4.78 is 152. The number of nitro benzene ring substituents is 2. The van der Waals surface area contributed by atoms with E-state index in [9.17, 15) is 46.6 Å². The third-order valence-electron chi connectivity index (χ3n) is 10.4. The minimum atomic E-state index is -2.46. The van der Waals surface area contributed by atoms with Crippen LogP contribution in [0.25, 0.3) is 22.3 Å². The van der Waals surface area contributed by atoms with Gasteiger partial charge in [0.05, 0.1) is 38.1 Å². The van der Waals surface area contributed by atoms with Gasteiger partial charge in [-0.2, -0.15) is 0 Å². The zero-order valence-corrected chi connectivity index (χ0v) is 31.4. The van der Waals surface area contributed by atoms with Crippen molar-refractivity contribution in [2.75, 3.05) is 0 Å². The molecule has 6 aromatic rings. The summed E-state index contributed by atoms with van der Waals surface area (Å²) in [6.45, 7) is 0. The summed E-state index contributed by atoms with van der Waals surface area (Å²) in [6, 6.07) is 13.4.